The summed E-state index contributed by atoms with van der Waals surface area (Å²) >= 11 is 1.65. The lowest BCUT2D eigenvalue weighted by Crippen LogP contribution is -2.10. The van der Waals surface area contributed by atoms with Crippen LogP contribution in [0, 0.1) is 6.92 Å². The van der Waals surface area contributed by atoms with Crippen molar-refractivity contribution in [3.8, 4) is 5.69 Å². The number of aromatic nitrogens is 3. The van der Waals surface area contributed by atoms with Crippen molar-refractivity contribution in [2.24, 2.45) is 0 Å². The highest BCUT2D eigenvalue weighted by molar-refractivity contribution is 7.09. The van der Waals surface area contributed by atoms with Gasteiger partial charge in [-0.05, 0) is 26.0 Å². The first-order chi connectivity index (χ1) is 9.74. The summed E-state index contributed by atoms with van der Waals surface area (Å²) in [6, 6.07) is 10.3. The van der Waals surface area contributed by atoms with Crippen molar-refractivity contribution in [1.82, 2.24) is 14.5 Å². The molecule has 0 amide bonds. The maximum absolute atomic E-state index is 4.57. The largest absolute Gasteiger partial charge is 0.346 e. The predicted molar refractivity (Wildman–Crippen MR) is 82.5 cm³/mol. The molecule has 3 aromatic rings. The van der Waals surface area contributed by atoms with E-state index in [1.165, 1.54) is 0 Å². The number of aryl methyl sites for hydroxylation is 1. The van der Waals surface area contributed by atoms with Crippen molar-refractivity contribution >= 4 is 17.3 Å². The molecule has 2 heterocycles. The first kappa shape index (κ1) is 12.9. The number of nitrogens with zero attached hydrogens (tertiary/aromatic N) is 3. The highest BCUT2D eigenvalue weighted by Gasteiger charge is 2.13. The minimum absolute atomic E-state index is 0.138. The Morgan fingerprint density at radius 1 is 1.25 bits per heavy atom. The second-order valence-corrected chi connectivity index (χ2v) is 5.57. The van der Waals surface area contributed by atoms with Gasteiger partial charge in [-0.3, -0.25) is 4.57 Å². The summed E-state index contributed by atoms with van der Waals surface area (Å²) < 4.78 is 2.07. The third-order valence-corrected chi connectivity index (χ3v) is 3.99. The Hall–Kier alpha value is -2.14. The van der Waals surface area contributed by atoms with E-state index >= 15 is 0 Å². The van der Waals surface area contributed by atoms with Crippen molar-refractivity contribution in [3.05, 3.63) is 58.8 Å². The van der Waals surface area contributed by atoms with E-state index in [0.717, 1.165) is 22.3 Å². The summed E-state index contributed by atoms with van der Waals surface area (Å²) in [7, 11) is 0. The normalized spacial score (nSPS) is 12.3. The van der Waals surface area contributed by atoms with E-state index in [9.17, 15) is 0 Å². The molecule has 20 heavy (non-hydrogen) atoms. The summed E-state index contributed by atoms with van der Waals surface area (Å²) in [5.74, 6) is 0.844. The van der Waals surface area contributed by atoms with Crippen LogP contribution in [0.3, 0.4) is 0 Å². The average Bonchev–Trinajstić information content (AvgIpc) is 3.09. The predicted octanol–water partition coefficient (Wildman–Crippen LogP) is 3.81. The summed E-state index contributed by atoms with van der Waals surface area (Å²) in [5.41, 5.74) is 2.09. The summed E-state index contributed by atoms with van der Waals surface area (Å²) in [5, 5.41) is 6.48. The number of rotatable bonds is 4. The van der Waals surface area contributed by atoms with Crippen molar-refractivity contribution in [3.63, 3.8) is 0 Å². The van der Waals surface area contributed by atoms with Crippen LogP contribution in [0.1, 0.15) is 23.7 Å². The first-order valence-corrected chi connectivity index (χ1v) is 7.39. The number of anilines is 1. The maximum Gasteiger partial charge on any atom is 0.208 e. The van der Waals surface area contributed by atoms with Gasteiger partial charge in [-0.25, -0.2) is 9.97 Å². The Labute approximate surface area is 122 Å². The molecule has 0 saturated heterocycles. The number of benzene rings is 1. The van der Waals surface area contributed by atoms with Crippen molar-refractivity contribution < 1.29 is 0 Å². The van der Waals surface area contributed by atoms with Crippen LogP contribution in [0.2, 0.25) is 0 Å². The molecule has 1 N–H and O–H groups in total. The number of imidazole rings is 1. The molecule has 4 nitrogen and oxygen atoms in total. The van der Waals surface area contributed by atoms with E-state index in [0.29, 0.717) is 0 Å². The number of thiazole rings is 1. The average molecular weight is 284 g/mol. The zero-order chi connectivity index (χ0) is 13.9. The van der Waals surface area contributed by atoms with Crippen molar-refractivity contribution in [2.75, 3.05) is 5.32 Å². The van der Waals surface area contributed by atoms with Gasteiger partial charge in [0.25, 0.3) is 0 Å². The monoisotopic (exact) mass is 284 g/mol. The molecular weight excluding hydrogens is 268 g/mol. The SMILES string of the molecule is Cc1cn(-c2ccccc2)c(NC(C)c2nccs2)n1. The molecule has 0 bridgehead atoms. The smallest absolute Gasteiger partial charge is 0.208 e. The van der Waals surface area contributed by atoms with Gasteiger partial charge in [-0.1, -0.05) is 18.2 Å². The molecule has 0 aliphatic rings. The number of nitrogens with one attached hydrogen (secondary N) is 1. The van der Waals surface area contributed by atoms with E-state index in [1.54, 1.807) is 11.3 Å². The Morgan fingerprint density at radius 2 is 2.05 bits per heavy atom. The molecule has 102 valence electrons. The standard InChI is InChI=1S/C15H16N4S/c1-11-10-19(13-6-4-3-5-7-13)15(17-11)18-12(2)14-16-8-9-20-14/h3-10,12H,1-2H3,(H,17,18). The molecule has 0 saturated carbocycles. The van der Waals surface area contributed by atoms with Gasteiger partial charge < -0.3 is 5.32 Å². The fourth-order valence-corrected chi connectivity index (χ4v) is 2.73. The Kier molecular flexibility index (Phi) is 3.52. The third kappa shape index (κ3) is 2.58. The molecule has 0 aliphatic carbocycles. The van der Waals surface area contributed by atoms with Crippen LogP contribution >= 0.6 is 11.3 Å². The van der Waals surface area contributed by atoms with E-state index in [1.807, 2.05) is 42.9 Å². The van der Waals surface area contributed by atoms with Crippen LogP contribution in [-0.4, -0.2) is 14.5 Å². The lowest BCUT2D eigenvalue weighted by atomic mass is 10.3. The van der Waals surface area contributed by atoms with Gasteiger partial charge in [0.15, 0.2) is 0 Å². The van der Waals surface area contributed by atoms with Crippen LogP contribution in [-0.2, 0) is 0 Å². The lowest BCUT2D eigenvalue weighted by molar-refractivity contribution is 0.840. The van der Waals surface area contributed by atoms with Gasteiger partial charge >= 0.3 is 0 Å². The van der Waals surface area contributed by atoms with E-state index in [2.05, 4.69) is 38.9 Å². The lowest BCUT2D eigenvalue weighted by Gasteiger charge is -2.14. The minimum Gasteiger partial charge on any atom is -0.346 e. The van der Waals surface area contributed by atoms with Gasteiger partial charge in [0.2, 0.25) is 5.95 Å². The summed E-state index contributed by atoms with van der Waals surface area (Å²) in [6.07, 6.45) is 3.86. The topological polar surface area (TPSA) is 42.7 Å². The molecule has 1 atom stereocenters. The van der Waals surface area contributed by atoms with Crippen LogP contribution in [0.5, 0.6) is 0 Å². The summed E-state index contributed by atoms with van der Waals surface area (Å²) in [6.45, 7) is 4.09. The fourth-order valence-electron chi connectivity index (χ4n) is 2.09. The van der Waals surface area contributed by atoms with E-state index in [-0.39, 0.29) is 6.04 Å². The third-order valence-electron chi connectivity index (χ3n) is 3.03. The Morgan fingerprint density at radius 3 is 2.75 bits per heavy atom. The Bertz CT molecular complexity index is 673. The van der Waals surface area contributed by atoms with Gasteiger partial charge in [0, 0.05) is 23.5 Å². The molecule has 5 heteroatoms. The summed E-state index contributed by atoms with van der Waals surface area (Å²) in [4.78, 5) is 8.91. The molecule has 2 aromatic heterocycles. The zero-order valence-electron chi connectivity index (χ0n) is 11.4. The highest BCUT2D eigenvalue weighted by atomic mass is 32.1. The molecule has 1 aromatic carbocycles. The molecule has 0 fully saturated rings. The maximum atomic E-state index is 4.57. The second-order valence-electron chi connectivity index (χ2n) is 4.65. The minimum atomic E-state index is 0.138. The van der Waals surface area contributed by atoms with E-state index < -0.39 is 0 Å². The number of hydrogen-bond acceptors (Lipinski definition) is 4. The second kappa shape index (κ2) is 5.46. The molecule has 1 unspecified atom stereocenters. The van der Waals surface area contributed by atoms with Gasteiger partial charge in [0.05, 0.1) is 11.7 Å². The zero-order valence-corrected chi connectivity index (χ0v) is 12.3. The van der Waals surface area contributed by atoms with Gasteiger partial charge in [-0.15, -0.1) is 11.3 Å². The van der Waals surface area contributed by atoms with E-state index in [4.69, 9.17) is 0 Å². The van der Waals surface area contributed by atoms with Crippen LogP contribution in [0.15, 0.2) is 48.1 Å². The van der Waals surface area contributed by atoms with Gasteiger partial charge in [0.1, 0.15) is 5.01 Å². The highest BCUT2D eigenvalue weighted by Crippen LogP contribution is 2.23. The van der Waals surface area contributed by atoms with Crippen LogP contribution < -0.4 is 5.32 Å². The molecule has 0 radical (unpaired) electrons. The first-order valence-electron chi connectivity index (χ1n) is 6.51. The van der Waals surface area contributed by atoms with Crippen molar-refractivity contribution in [1.29, 1.82) is 0 Å². The van der Waals surface area contributed by atoms with Gasteiger partial charge in [-0.2, -0.15) is 0 Å². The van der Waals surface area contributed by atoms with Crippen LogP contribution in [0.25, 0.3) is 5.69 Å². The molecule has 3 rings (SSSR count). The number of hydrogen-bond donors (Lipinski definition) is 1. The molecule has 0 spiro atoms. The van der Waals surface area contributed by atoms with Crippen LogP contribution in [0.4, 0.5) is 5.95 Å². The quantitative estimate of drug-likeness (QED) is 0.792. The molecule has 0 aliphatic heterocycles. The molecular formula is C15H16N4S. The number of para-hydroxylation sites is 1. The Balaban J connectivity index is 1.91. The fraction of sp³-hybridized carbons (Fsp3) is 0.200. The van der Waals surface area contributed by atoms with Crippen molar-refractivity contribution in [2.45, 2.75) is 19.9 Å².